The molecule has 2 amide bonds. The standard InChI is InChI=1S/C25H30N2O3/c1-4-25(2,3)20-10-11-22-21(15-20)27(23(28)17-30-22)16-18-8-7-9-19(14-18)24(29)26-12-5-6-13-26/h7-11,14-15H,4-6,12-13,16-17H2,1-3H3. The Morgan fingerprint density at radius 3 is 2.60 bits per heavy atom. The van der Waals surface area contributed by atoms with Gasteiger partial charge in [-0.15, -0.1) is 0 Å². The molecule has 0 aromatic heterocycles. The maximum absolute atomic E-state index is 12.8. The molecule has 2 heterocycles. The Hall–Kier alpha value is -2.82. The van der Waals surface area contributed by atoms with E-state index in [2.05, 4.69) is 32.9 Å². The van der Waals surface area contributed by atoms with Gasteiger partial charge in [-0.1, -0.05) is 39.0 Å². The van der Waals surface area contributed by atoms with Crippen LogP contribution in [0, 0.1) is 0 Å². The van der Waals surface area contributed by atoms with E-state index in [1.807, 2.05) is 35.2 Å². The van der Waals surface area contributed by atoms with Crippen LogP contribution in [0.1, 0.15) is 61.5 Å². The number of carbonyl (C=O) groups excluding carboxylic acids is 2. The molecule has 158 valence electrons. The summed E-state index contributed by atoms with van der Waals surface area (Å²) in [5.41, 5.74) is 3.65. The zero-order chi connectivity index (χ0) is 21.3. The van der Waals surface area contributed by atoms with Crippen molar-refractivity contribution in [2.24, 2.45) is 0 Å². The fourth-order valence-corrected chi connectivity index (χ4v) is 4.09. The van der Waals surface area contributed by atoms with E-state index in [4.69, 9.17) is 4.74 Å². The van der Waals surface area contributed by atoms with Gasteiger partial charge in [0.2, 0.25) is 0 Å². The third-order valence-electron chi connectivity index (χ3n) is 6.48. The molecule has 5 heteroatoms. The fourth-order valence-electron chi connectivity index (χ4n) is 4.09. The van der Waals surface area contributed by atoms with E-state index in [0.29, 0.717) is 12.1 Å². The second kappa shape index (κ2) is 8.13. The topological polar surface area (TPSA) is 49.9 Å². The third kappa shape index (κ3) is 3.93. The van der Waals surface area contributed by atoms with Gasteiger partial charge in [0.05, 0.1) is 12.2 Å². The fraction of sp³-hybridized carbons (Fsp3) is 0.440. The lowest BCUT2D eigenvalue weighted by molar-refractivity contribution is -0.121. The Kier molecular flexibility index (Phi) is 5.54. The number of benzene rings is 2. The number of nitrogens with zero attached hydrogens (tertiary/aromatic N) is 2. The summed E-state index contributed by atoms with van der Waals surface area (Å²) in [5, 5.41) is 0. The van der Waals surface area contributed by atoms with Crippen molar-refractivity contribution in [3.63, 3.8) is 0 Å². The predicted octanol–water partition coefficient (Wildman–Crippen LogP) is 4.54. The highest BCUT2D eigenvalue weighted by molar-refractivity contribution is 5.98. The van der Waals surface area contributed by atoms with Gasteiger partial charge in [-0.2, -0.15) is 0 Å². The van der Waals surface area contributed by atoms with Crippen molar-refractivity contribution >= 4 is 17.5 Å². The van der Waals surface area contributed by atoms with Crippen LogP contribution < -0.4 is 9.64 Å². The van der Waals surface area contributed by atoms with Gasteiger partial charge in [0, 0.05) is 18.7 Å². The van der Waals surface area contributed by atoms with E-state index < -0.39 is 0 Å². The second-order valence-corrected chi connectivity index (χ2v) is 8.89. The Morgan fingerprint density at radius 1 is 1.10 bits per heavy atom. The second-order valence-electron chi connectivity index (χ2n) is 8.89. The Morgan fingerprint density at radius 2 is 1.87 bits per heavy atom. The molecule has 1 fully saturated rings. The first-order chi connectivity index (χ1) is 14.4. The molecule has 0 unspecified atom stereocenters. The van der Waals surface area contributed by atoms with Gasteiger partial charge in [-0.05, 0) is 60.1 Å². The lowest BCUT2D eigenvalue weighted by Crippen LogP contribution is -2.38. The lowest BCUT2D eigenvalue weighted by atomic mass is 9.82. The summed E-state index contributed by atoms with van der Waals surface area (Å²) in [5.74, 6) is 0.745. The Bertz CT molecular complexity index is 961. The van der Waals surface area contributed by atoms with Crippen molar-refractivity contribution in [3.05, 3.63) is 59.2 Å². The van der Waals surface area contributed by atoms with Crippen molar-refractivity contribution in [2.75, 3.05) is 24.6 Å². The number of hydrogen-bond acceptors (Lipinski definition) is 3. The molecule has 30 heavy (non-hydrogen) atoms. The summed E-state index contributed by atoms with van der Waals surface area (Å²) in [6.45, 7) is 8.70. The summed E-state index contributed by atoms with van der Waals surface area (Å²) >= 11 is 0. The van der Waals surface area contributed by atoms with Crippen molar-refractivity contribution in [3.8, 4) is 5.75 Å². The molecule has 0 saturated carbocycles. The molecule has 0 bridgehead atoms. The number of fused-ring (bicyclic) bond motifs is 1. The van der Waals surface area contributed by atoms with Gasteiger partial charge in [0.1, 0.15) is 5.75 Å². The van der Waals surface area contributed by atoms with Crippen LogP contribution in [0.25, 0.3) is 0 Å². The van der Waals surface area contributed by atoms with E-state index in [1.165, 1.54) is 5.56 Å². The van der Waals surface area contributed by atoms with Crippen LogP contribution >= 0.6 is 0 Å². The minimum absolute atomic E-state index is 0.0171. The van der Waals surface area contributed by atoms with Crippen LogP contribution in [0.4, 0.5) is 5.69 Å². The molecule has 4 rings (SSSR count). The summed E-state index contributed by atoms with van der Waals surface area (Å²) in [4.78, 5) is 29.2. The highest BCUT2D eigenvalue weighted by Crippen LogP contribution is 2.38. The normalized spacial score (nSPS) is 16.4. The molecule has 0 atom stereocenters. The molecular weight excluding hydrogens is 376 g/mol. The molecule has 0 radical (unpaired) electrons. The van der Waals surface area contributed by atoms with Crippen molar-refractivity contribution < 1.29 is 14.3 Å². The van der Waals surface area contributed by atoms with Crippen LogP contribution in [0.3, 0.4) is 0 Å². The first-order valence-corrected chi connectivity index (χ1v) is 10.8. The average Bonchev–Trinajstić information content (AvgIpc) is 3.30. The average molecular weight is 407 g/mol. The molecule has 1 saturated heterocycles. The van der Waals surface area contributed by atoms with Crippen LogP contribution in [-0.2, 0) is 16.8 Å². The monoisotopic (exact) mass is 406 g/mol. The smallest absolute Gasteiger partial charge is 0.265 e. The highest BCUT2D eigenvalue weighted by atomic mass is 16.5. The van der Waals surface area contributed by atoms with Gasteiger partial charge in [0.15, 0.2) is 6.61 Å². The van der Waals surface area contributed by atoms with Crippen LogP contribution in [-0.4, -0.2) is 36.4 Å². The van der Waals surface area contributed by atoms with Gasteiger partial charge in [-0.25, -0.2) is 0 Å². The number of carbonyl (C=O) groups is 2. The van der Waals surface area contributed by atoms with Crippen LogP contribution in [0.15, 0.2) is 42.5 Å². The van der Waals surface area contributed by atoms with Gasteiger partial charge >= 0.3 is 0 Å². The van der Waals surface area contributed by atoms with Crippen molar-refractivity contribution in [2.45, 2.75) is 52.0 Å². The summed E-state index contributed by atoms with van der Waals surface area (Å²) in [6, 6.07) is 13.8. The SMILES string of the molecule is CCC(C)(C)c1ccc2c(c1)N(Cc1cccc(C(=O)N3CCCC3)c1)C(=O)CO2. The number of rotatable bonds is 5. The Labute approximate surface area is 178 Å². The molecule has 2 aliphatic heterocycles. The first kappa shape index (κ1) is 20.5. The molecule has 2 aromatic rings. The highest BCUT2D eigenvalue weighted by Gasteiger charge is 2.29. The molecule has 2 aromatic carbocycles. The van der Waals surface area contributed by atoms with Crippen molar-refractivity contribution in [1.82, 2.24) is 4.90 Å². The van der Waals surface area contributed by atoms with E-state index in [9.17, 15) is 9.59 Å². The molecule has 0 spiro atoms. The largest absolute Gasteiger partial charge is 0.482 e. The number of amides is 2. The maximum atomic E-state index is 12.8. The molecular formula is C25H30N2O3. The zero-order valence-corrected chi connectivity index (χ0v) is 18.1. The van der Waals surface area contributed by atoms with E-state index in [0.717, 1.165) is 49.4 Å². The summed E-state index contributed by atoms with van der Waals surface area (Å²) < 4.78 is 5.68. The molecule has 2 aliphatic rings. The molecule has 5 nitrogen and oxygen atoms in total. The minimum atomic E-state index is -0.0646. The maximum Gasteiger partial charge on any atom is 0.265 e. The third-order valence-corrected chi connectivity index (χ3v) is 6.48. The first-order valence-electron chi connectivity index (χ1n) is 10.8. The molecule has 0 N–H and O–H groups in total. The predicted molar refractivity (Wildman–Crippen MR) is 118 cm³/mol. The van der Waals surface area contributed by atoms with E-state index >= 15 is 0 Å². The zero-order valence-electron chi connectivity index (χ0n) is 18.1. The summed E-state index contributed by atoms with van der Waals surface area (Å²) in [7, 11) is 0. The summed E-state index contributed by atoms with van der Waals surface area (Å²) in [6.07, 6.45) is 3.14. The number of ether oxygens (including phenoxy) is 1. The quantitative estimate of drug-likeness (QED) is 0.733. The van der Waals surface area contributed by atoms with Crippen molar-refractivity contribution in [1.29, 1.82) is 0 Å². The lowest BCUT2D eigenvalue weighted by Gasteiger charge is -2.32. The van der Waals surface area contributed by atoms with E-state index in [1.54, 1.807) is 4.90 Å². The molecule has 0 aliphatic carbocycles. The number of likely N-dealkylation sites (tertiary alicyclic amines) is 1. The van der Waals surface area contributed by atoms with Crippen LogP contribution in [0.5, 0.6) is 5.75 Å². The van der Waals surface area contributed by atoms with E-state index in [-0.39, 0.29) is 23.8 Å². The number of hydrogen-bond donors (Lipinski definition) is 0. The van der Waals surface area contributed by atoms with Gasteiger partial charge in [0.25, 0.3) is 11.8 Å². The van der Waals surface area contributed by atoms with Crippen LogP contribution in [0.2, 0.25) is 0 Å². The minimum Gasteiger partial charge on any atom is -0.482 e. The Balaban J connectivity index is 1.62. The number of anilines is 1. The van der Waals surface area contributed by atoms with Gasteiger partial charge < -0.3 is 14.5 Å². The van der Waals surface area contributed by atoms with Gasteiger partial charge in [-0.3, -0.25) is 9.59 Å².